The summed E-state index contributed by atoms with van der Waals surface area (Å²) in [6, 6.07) is 7.27. The number of benzene rings is 1. The maximum absolute atomic E-state index is 13.0. The van der Waals surface area contributed by atoms with E-state index in [2.05, 4.69) is 5.32 Å². The van der Waals surface area contributed by atoms with Crippen molar-refractivity contribution in [3.8, 4) is 0 Å². The fraction of sp³-hybridized carbons (Fsp3) is 0.267. The lowest BCUT2D eigenvalue weighted by atomic mass is 10.1. The summed E-state index contributed by atoms with van der Waals surface area (Å²) in [4.78, 5) is 14.0. The highest BCUT2D eigenvalue weighted by atomic mass is 19.1. The van der Waals surface area contributed by atoms with Crippen molar-refractivity contribution in [2.45, 2.75) is 6.04 Å². The number of nitrogen functional groups attached to an aromatic ring is 1. The molecule has 1 unspecified atom stereocenters. The summed E-state index contributed by atoms with van der Waals surface area (Å²) in [5.74, 6) is -0.0518. The molecule has 2 aromatic rings. The average molecular weight is 291 g/mol. The third kappa shape index (κ3) is 3.61. The Hall–Kier alpha value is -2.34. The number of nitrogens with one attached hydrogen (secondary N) is 1. The van der Waals surface area contributed by atoms with Crippen LogP contribution in [-0.4, -0.2) is 31.4 Å². The predicted molar refractivity (Wildman–Crippen MR) is 78.3 cm³/mol. The van der Waals surface area contributed by atoms with Crippen LogP contribution in [0.1, 0.15) is 22.2 Å². The van der Waals surface area contributed by atoms with Gasteiger partial charge in [0.25, 0.3) is 5.91 Å². The molecule has 2 rings (SSSR count). The first-order valence-corrected chi connectivity index (χ1v) is 6.52. The van der Waals surface area contributed by atoms with E-state index in [1.165, 1.54) is 12.1 Å². The van der Waals surface area contributed by atoms with E-state index < -0.39 is 5.82 Å². The van der Waals surface area contributed by atoms with E-state index in [1.54, 1.807) is 12.3 Å². The zero-order chi connectivity index (χ0) is 15.4. The second kappa shape index (κ2) is 6.41. The second-order valence-electron chi connectivity index (χ2n) is 4.94. The molecule has 0 saturated heterocycles. The molecule has 0 bridgehead atoms. The smallest absolute Gasteiger partial charge is 0.253 e. The summed E-state index contributed by atoms with van der Waals surface area (Å²) in [6.45, 7) is 0.357. The molecule has 0 saturated carbocycles. The van der Waals surface area contributed by atoms with Gasteiger partial charge in [0.1, 0.15) is 11.6 Å². The van der Waals surface area contributed by atoms with Gasteiger partial charge in [0.05, 0.1) is 17.9 Å². The van der Waals surface area contributed by atoms with Crippen molar-refractivity contribution < 1.29 is 13.6 Å². The number of nitrogens with zero attached hydrogens (tertiary/aromatic N) is 1. The van der Waals surface area contributed by atoms with Crippen molar-refractivity contribution in [3.05, 3.63) is 53.7 Å². The third-order valence-electron chi connectivity index (χ3n) is 3.21. The number of hydrogen-bond donors (Lipinski definition) is 2. The van der Waals surface area contributed by atoms with Gasteiger partial charge in [0.15, 0.2) is 0 Å². The predicted octanol–water partition coefficient (Wildman–Crippen LogP) is 2.03. The standard InChI is InChI=1S/C15H18FN3O2/c1-19(2)13(14-4-3-7-21-14)9-18-15(20)11-6-5-10(16)8-12(11)17/h3-8,13H,9,17H2,1-2H3,(H,18,20). The molecular weight excluding hydrogens is 273 g/mol. The normalized spacial score (nSPS) is 12.4. The molecule has 0 radical (unpaired) electrons. The Morgan fingerprint density at radius 1 is 1.43 bits per heavy atom. The molecule has 0 aliphatic heterocycles. The van der Waals surface area contributed by atoms with Crippen LogP contribution in [0.25, 0.3) is 0 Å². The van der Waals surface area contributed by atoms with Crippen LogP contribution >= 0.6 is 0 Å². The van der Waals surface area contributed by atoms with Gasteiger partial charge in [-0.3, -0.25) is 9.69 Å². The van der Waals surface area contributed by atoms with Crippen LogP contribution in [0, 0.1) is 5.82 Å². The van der Waals surface area contributed by atoms with Crippen LogP contribution in [-0.2, 0) is 0 Å². The van der Waals surface area contributed by atoms with E-state index in [-0.39, 0.29) is 23.2 Å². The van der Waals surface area contributed by atoms with E-state index >= 15 is 0 Å². The minimum Gasteiger partial charge on any atom is -0.468 e. The van der Waals surface area contributed by atoms with Crippen LogP contribution in [0.3, 0.4) is 0 Å². The number of amides is 1. The molecular formula is C15H18FN3O2. The fourth-order valence-corrected chi connectivity index (χ4v) is 2.04. The van der Waals surface area contributed by atoms with E-state index in [1.807, 2.05) is 25.1 Å². The Morgan fingerprint density at radius 3 is 2.76 bits per heavy atom. The van der Waals surface area contributed by atoms with Crippen LogP contribution in [0.2, 0.25) is 0 Å². The summed E-state index contributed by atoms with van der Waals surface area (Å²) >= 11 is 0. The summed E-state index contributed by atoms with van der Waals surface area (Å²) in [6.07, 6.45) is 1.59. The molecule has 112 valence electrons. The Kier molecular flexibility index (Phi) is 4.59. The van der Waals surface area contributed by atoms with Gasteiger partial charge in [-0.2, -0.15) is 0 Å². The second-order valence-corrected chi connectivity index (χ2v) is 4.94. The lowest BCUT2D eigenvalue weighted by molar-refractivity contribution is 0.0940. The molecule has 0 aliphatic carbocycles. The number of nitrogens with two attached hydrogens (primary N) is 1. The summed E-state index contributed by atoms with van der Waals surface area (Å²) in [5.41, 5.74) is 6.03. The van der Waals surface area contributed by atoms with E-state index in [9.17, 15) is 9.18 Å². The van der Waals surface area contributed by atoms with E-state index in [0.717, 1.165) is 11.8 Å². The first-order chi connectivity index (χ1) is 9.99. The largest absolute Gasteiger partial charge is 0.468 e. The van der Waals surface area contributed by atoms with Gasteiger partial charge < -0.3 is 15.5 Å². The molecule has 3 N–H and O–H groups in total. The number of hydrogen-bond acceptors (Lipinski definition) is 4. The van der Waals surface area contributed by atoms with Crippen LogP contribution < -0.4 is 11.1 Å². The quantitative estimate of drug-likeness (QED) is 0.827. The highest BCUT2D eigenvalue weighted by molar-refractivity contribution is 5.99. The number of carbonyl (C=O) groups excluding carboxylic acids is 1. The van der Waals surface area contributed by atoms with Gasteiger partial charge in [-0.25, -0.2) is 4.39 Å². The van der Waals surface area contributed by atoms with Crippen molar-refractivity contribution in [2.75, 3.05) is 26.4 Å². The van der Waals surface area contributed by atoms with Crippen molar-refractivity contribution in [3.63, 3.8) is 0 Å². The number of likely N-dealkylation sites (N-methyl/N-ethyl adjacent to an activating group) is 1. The fourth-order valence-electron chi connectivity index (χ4n) is 2.04. The number of furan rings is 1. The molecule has 0 spiro atoms. The monoisotopic (exact) mass is 291 g/mol. The molecule has 1 aromatic heterocycles. The van der Waals surface area contributed by atoms with Crippen molar-refractivity contribution >= 4 is 11.6 Å². The van der Waals surface area contributed by atoms with Gasteiger partial charge in [-0.05, 0) is 44.4 Å². The van der Waals surface area contributed by atoms with Gasteiger partial charge in [-0.1, -0.05) is 0 Å². The lowest BCUT2D eigenvalue weighted by Gasteiger charge is -2.22. The van der Waals surface area contributed by atoms with E-state index in [0.29, 0.717) is 6.54 Å². The van der Waals surface area contributed by atoms with Gasteiger partial charge in [0.2, 0.25) is 0 Å². The minimum absolute atomic E-state index is 0.0920. The Balaban J connectivity index is 2.05. The molecule has 5 nitrogen and oxygen atoms in total. The first-order valence-electron chi connectivity index (χ1n) is 6.52. The number of halogens is 1. The summed E-state index contributed by atoms with van der Waals surface area (Å²) in [5, 5.41) is 2.79. The van der Waals surface area contributed by atoms with Crippen molar-refractivity contribution in [1.29, 1.82) is 0 Å². The number of carbonyl (C=O) groups is 1. The maximum atomic E-state index is 13.0. The molecule has 1 aromatic carbocycles. The zero-order valence-corrected chi connectivity index (χ0v) is 12.0. The van der Waals surface area contributed by atoms with Crippen LogP contribution in [0.15, 0.2) is 41.0 Å². The van der Waals surface area contributed by atoms with Gasteiger partial charge in [0, 0.05) is 12.2 Å². The summed E-state index contributed by atoms with van der Waals surface area (Å²) in [7, 11) is 3.79. The molecule has 1 atom stereocenters. The Morgan fingerprint density at radius 2 is 2.19 bits per heavy atom. The molecule has 6 heteroatoms. The topological polar surface area (TPSA) is 71.5 Å². The summed E-state index contributed by atoms with van der Waals surface area (Å²) < 4.78 is 18.4. The highest BCUT2D eigenvalue weighted by Gasteiger charge is 2.19. The maximum Gasteiger partial charge on any atom is 0.253 e. The molecule has 1 amide bonds. The van der Waals surface area contributed by atoms with Gasteiger partial charge >= 0.3 is 0 Å². The molecule has 1 heterocycles. The Labute approximate surface area is 122 Å². The average Bonchev–Trinajstić information content (AvgIpc) is 2.92. The third-order valence-corrected chi connectivity index (χ3v) is 3.21. The van der Waals surface area contributed by atoms with Crippen molar-refractivity contribution in [1.82, 2.24) is 10.2 Å². The molecule has 0 fully saturated rings. The molecule has 0 aliphatic rings. The Bertz CT molecular complexity index is 611. The highest BCUT2D eigenvalue weighted by Crippen LogP contribution is 2.18. The zero-order valence-electron chi connectivity index (χ0n) is 12.0. The van der Waals surface area contributed by atoms with E-state index in [4.69, 9.17) is 10.2 Å². The SMILES string of the molecule is CN(C)C(CNC(=O)c1ccc(F)cc1N)c1ccco1. The number of rotatable bonds is 5. The van der Waals surface area contributed by atoms with Crippen LogP contribution in [0.5, 0.6) is 0 Å². The molecule has 21 heavy (non-hydrogen) atoms. The number of anilines is 1. The van der Waals surface area contributed by atoms with Crippen molar-refractivity contribution in [2.24, 2.45) is 0 Å². The lowest BCUT2D eigenvalue weighted by Crippen LogP contribution is -2.34. The minimum atomic E-state index is -0.467. The first kappa shape index (κ1) is 15.1. The van der Waals surface area contributed by atoms with Gasteiger partial charge in [-0.15, -0.1) is 0 Å². The van der Waals surface area contributed by atoms with Crippen LogP contribution in [0.4, 0.5) is 10.1 Å².